The van der Waals surface area contributed by atoms with Gasteiger partial charge in [0.25, 0.3) is 0 Å². The van der Waals surface area contributed by atoms with E-state index >= 15 is 0 Å². The number of anilines is 1. The van der Waals surface area contributed by atoms with Gasteiger partial charge in [0.2, 0.25) is 15.9 Å². The number of benzene rings is 2. The van der Waals surface area contributed by atoms with Crippen LogP contribution < -0.4 is 19.5 Å². The van der Waals surface area contributed by atoms with Crippen LogP contribution in [-0.4, -0.2) is 34.1 Å². The van der Waals surface area contributed by atoms with Crippen LogP contribution in [0.5, 0.6) is 11.5 Å². The minimum Gasteiger partial charge on any atom is -0.486 e. The molecule has 1 heterocycles. The molecule has 0 radical (unpaired) electrons. The van der Waals surface area contributed by atoms with Crippen molar-refractivity contribution in [3.63, 3.8) is 0 Å². The standard InChI is InChI=1S/C17H16Cl2N2O5S/c18-13-3-1-11(9-14(13)19)21-17(22)5-6-20-27(23,24)12-2-4-15-16(10-12)26-8-7-25-15/h1-4,9-10,20H,5-8H2,(H,21,22). The second-order valence-electron chi connectivity index (χ2n) is 5.63. The molecule has 27 heavy (non-hydrogen) atoms. The highest BCUT2D eigenvalue weighted by Crippen LogP contribution is 2.32. The van der Waals surface area contributed by atoms with Crippen molar-refractivity contribution in [2.24, 2.45) is 0 Å². The topological polar surface area (TPSA) is 93.7 Å². The van der Waals surface area contributed by atoms with E-state index in [1.54, 1.807) is 18.2 Å². The van der Waals surface area contributed by atoms with Gasteiger partial charge in [-0.2, -0.15) is 0 Å². The molecule has 0 bridgehead atoms. The van der Waals surface area contributed by atoms with Crippen LogP contribution in [0.1, 0.15) is 6.42 Å². The number of nitrogens with one attached hydrogen (secondary N) is 2. The van der Waals surface area contributed by atoms with Crippen LogP contribution in [0.3, 0.4) is 0 Å². The van der Waals surface area contributed by atoms with Crippen LogP contribution >= 0.6 is 23.2 Å². The van der Waals surface area contributed by atoms with E-state index < -0.39 is 10.0 Å². The Balaban J connectivity index is 1.55. The van der Waals surface area contributed by atoms with Crippen LogP contribution in [-0.2, 0) is 14.8 Å². The molecule has 2 N–H and O–H groups in total. The van der Waals surface area contributed by atoms with Gasteiger partial charge >= 0.3 is 0 Å². The summed E-state index contributed by atoms with van der Waals surface area (Å²) in [7, 11) is -3.78. The van der Waals surface area contributed by atoms with Gasteiger partial charge in [0, 0.05) is 24.7 Å². The average molecular weight is 431 g/mol. The lowest BCUT2D eigenvalue weighted by atomic mass is 10.3. The Morgan fingerprint density at radius 3 is 2.48 bits per heavy atom. The van der Waals surface area contributed by atoms with Gasteiger partial charge in [0.1, 0.15) is 13.2 Å². The Morgan fingerprint density at radius 1 is 1.00 bits per heavy atom. The summed E-state index contributed by atoms with van der Waals surface area (Å²) in [4.78, 5) is 12.0. The van der Waals surface area contributed by atoms with E-state index in [0.717, 1.165) is 0 Å². The van der Waals surface area contributed by atoms with E-state index in [-0.39, 0.29) is 23.8 Å². The monoisotopic (exact) mass is 430 g/mol. The van der Waals surface area contributed by atoms with Crippen molar-refractivity contribution >= 4 is 44.8 Å². The lowest BCUT2D eigenvalue weighted by molar-refractivity contribution is -0.116. The van der Waals surface area contributed by atoms with Gasteiger partial charge in [-0.1, -0.05) is 23.2 Å². The van der Waals surface area contributed by atoms with Crippen molar-refractivity contribution in [1.29, 1.82) is 0 Å². The van der Waals surface area contributed by atoms with Crippen LogP contribution in [0.15, 0.2) is 41.3 Å². The lowest BCUT2D eigenvalue weighted by Gasteiger charge is -2.18. The molecule has 7 nitrogen and oxygen atoms in total. The largest absolute Gasteiger partial charge is 0.486 e. The van der Waals surface area contributed by atoms with E-state index in [1.807, 2.05) is 0 Å². The molecule has 2 aromatic rings. The summed E-state index contributed by atoms with van der Waals surface area (Å²) >= 11 is 11.7. The summed E-state index contributed by atoms with van der Waals surface area (Å²) in [5.74, 6) is 0.515. The molecule has 10 heteroatoms. The zero-order chi connectivity index (χ0) is 19.4. The first-order valence-electron chi connectivity index (χ1n) is 7.99. The van der Waals surface area contributed by atoms with E-state index in [9.17, 15) is 13.2 Å². The number of fused-ring (bicyclic) bond motifs is 1. The second kappa shape index (κ2) is 8.35. The molecule has 0 aliphatic carbocycles. The normalized spacial score (nSPS) is 13.3. The predicted molar refractivity (Wildman–Crippen MR) is 102 cm³/mol. The fraction of sp³-hybridized carbons (Fsp3) is 0.235. The summed E-state index contributed by atoms with van der Waals surface area (Å²) in [5, 5.41) is 3.31. The molecule has 0 aromatic heterocycles. The highest BCUT2D eigenvalue weighted by atomic mass is 35.5. The van der Waals surface area contributed by atoms with Gasteiger partial charge < -0.3 is 14.8 Å². The van der Waals surface area contributed by atoms with Crippen molar-refractivity contribution in [2.45, 2.75) is 11.3 Å². The fourth-order valence-electron chi connectivity index (χ4n) is 2.37. The molecule has 0 saturated heterocycles. The predicted octanol–water partition coefficient (Wildman–Crippen LogP) is 3.07. The molecular weight excluding hydrogens is 415 g/mol. The minimum absolute atomic E-state index is 0.0386. The molecule has 0 unspecified atom stereocenters. The number of halogens is 2. The molecule has 0 fully saturated rings. The molecule has 1 amide bonds. The van der Waals surface area contributed by atoms with Gasteiger partial charge in [0.05, 0.1) is 14.9 Å². The minimum atomic E-state index is -3.78. The van der Waals surface area contributed by atoms with Crippen molar-refractivity contribution in [1.82, 2.24) is 4.72 Å². The van der Waals surface area contributed by atoms with Crippen molar-refractivity contribution in [3.8, 4) is 11.5 Å². The Morgan fingerprint density at radius 2 is 1.74 bits per heavy atom. The van der Waals surface area contributed by atoms with Crippen LogP contribution in [0, 0.1) is 0 Å². The van der Waals surface area contributed by atoms with E-state index in [1.165, 1.54) is 18.2 Å². The summed E-state index contributed by atoms with van der Waals surface area (Å²) in [6, 6.07) is 9.04. The first-order valence-corrected chi connectivity index (χ1v) is 10.2. The zero-order valence-electron chi connectivity index (χ0n) is 14.0. The number of ether oxygens (including phenoxy) is 2. The van der Waals surface area contributed by atoms with Gasteiger partial charge in [0.15, 0.2) is 11.5 Å². The molecule has 0 saturated carbocycles. The third kappa shape index (κ3) is 5.04. The van der Waals surface area contributed by atoms with Crippen LogP contribution in [0.2, 0.25) is 10.0 Å². The van der Waals surface area contributed by atoms with Gasteiger partial charge in [-0.05, 0) is 30.3 Å². The second-order valence-corrected chi connectivity index (χ2v) is 8.21. The van der Waals surface area contributed by atoms with Gasteiger partial charge in [-0.15, -0.1) is 0 Å². The molecule has 0 atom stereocenters. The number of hydrogen-bond acceptors (Lipinski definition) is 5. The third-order valence-corrected chi connectivity index (χ3v) is 5.87. The smallest absolute Gasteiger partial charge is 0.240 e. The fourth-order valence-corrected chi connectivity index (χ4v) is 3.72. The summed E-state index contributed by atoms with van der Waals surface area (Å²) in [6.45, 7) is 0.716. The number of carbonyl (C=O) groups is 1. The van der Waals surface area contributed by atoms with Crippen LogP contribution in [0.25, 0.3) is 0 Å². The maximum atomic E-state index is 12.4. The number of sulfonamides is 1. The molecule has 0 spiro atoms. The maximum absolute atomic E-state index is 12.4. The number of carbonyl (C=O) groups excluding carboxylic acids is 1. The highest BCUT2D eigenvalue weighted by molar-refractivity contribution is 7.89. The maximum Gasteiger partial charge on any atom is 0.240 e. The van der Waals surface area contributed by atoms with Crippen molar-refractivity contribution < 1.29 is 22.7 Å². The summed E-state index contributed by atoms with van der Waals surface area (Å²) in [5.41, 5.74) is 0.476. The molecule has 1 aliphatic rings. The van der Waals surface area contributed by atoms with Crippen LogP contribution in [0.4, 0.5) is 5.69 Å². The number of rotatable bonds is 6. The molecule has 1 aliphatic heterocycles. The SMILES string of the molecule is O=C(CCNS(=O)(=O)c1ccc2c(c1)OCCO2)Nc1ccc(Cl)c(Cl)c1. The summed E-state index contributed by atoms with van der Waals surface area (Å²) < 4.78 is 37.9. The average Bonchev–Trinajstić information content (AvgIpc) is 2.64. The van der Waals surface area contributed by atoms with E-state index in [4.69, 9.17) is 32.7 Å². The van der Waals surface area contributed by atoms with Gasteiger partial charge in [-0.3, -0.25) is 4.79 Å². The number of amides is 1. The highest BCUT2D eigenvalue weighted by Gasteiger charge is 2.19. The Kier molecular flexibility index (Phi) is 6.11. The Hall–Kier alpha value is -2.00. The molecule has 144 valence electrons. The van der Waals surface area contributed by atoms with E-state index in [2.05, 4.69) is 10.0 Å². The number of hydrogen-bond donors (Lipinski definition) is 2. The van der Waals surface area contributed by atoms with Crippen molar-refractivity contribution in [2.75, 3.05) is 25.1 Å². The quantitative estimate of drug-likeness (QED) is 0.734. The zero-order valence-corrected chi connectivity index (χ0v) is 16.3. The first kappa shape index (κ1) is 19.8. The Labute approximate surface area is 166 Å². The van der Waals surface area contributed by atoms with E-state index in [0.29, 0.717) is 40.4 Å². The first-order chi connectivity index (χ1) is 12.8. The molecule has 3 rings (SSSR count). The van der Waals surface area contributed by atoms with Crippen molar-refractivity contribution in [3.05, 3.63) is 46.4 Å². The lowest BCUT2D eigenvalue weighted by Crippen LogP contribution is -2.28. The third-order valence-electron chi connectivity index (χ3n) is 3.67. The Bertz CT molecular complexity index is 966. The molecule has 2 aromatic carbocycles. The molecular formula is C17H16Cl2N2O5S. The van der Waals surface area contributed by atoms with Gasteiger partial charge in [-0.25, -0.2) is 13.1 Å². The summed E-state index contributed by atoms with van der Waals surface area (Å²) in [6.07, 6.45) is -0.0516.